The van der Waals surface area contributed by atoms with Gasteiger partial charge in [0.25, 0.3) is 5.91 Å². The lowest BCUT2D eigenvalue weighted by atomic mass is 10.2. The molecular weight excluding hydrogens is 196 g/mol. The minimum atomic E-state index is 0.0197. The van der Waals surface area contributed by atoms with E-state index in [2.05, 4.69) is 0 Å². The van der Waals surface area contributed by atoms with Crippen LogP contribution in [0.4, 0.5) is 5.69 Å². The van der Waals surface area contributed by atoms with E-state index in [1.165, 1.54) is 0 Å². The van der Waals surface area contributed by atoms with Crippen molar-refractivity contribution >= 4 is 23.4 Å². The summed E-state index contributed by atoms with van der Waals surface area (Å²) in [5.74, 6) is 0.717. The molecule has 1 amide bonds. The molecule has 1 aliphatic heterocycles. The summed E-state index contributed by atoms with van der Waals surface area (Å²) in [6.07, 6.45) is 1.79. The molecule has 1 heterocycles. The van der Waals surface area contributed by atoms with Gasteiger partial charge in [0.15, 0.2) is 0 Å². The molecule has 0 atom stereocenters. The van der Waals surface area contributed by atoms with Gasteiger partial charge in [0.1, 0.15) is 0 Å². The molecule has 0 saturated carbocycles. The van der Waals surface area contributed by atoms with Crippen LogP contribution in [-0.4, -0.2) is 16.7 Å². The first-order valence-corrected chi connectivity index (χ1v) is 5.27. The molecule has 4 heteroatoms. The minimum Gasteiger partial charge on any atom is -0.399 e. The van der Waals surface area contributed by atoms with Gasteiger partial charge in [-0.15, -0.1) is 11.8 Å². The van der Waals surface area contributed by atoms with Crippen LogP contribution in [0.5, 0.6) is 0 Å². The predicted octanol–water partition coefficient (Wildman–Crippen LogP) is 1.89. The van der Waals surface area contributed by atoms with Crippen molar-refractivity contribution in [3.63, 3.8) is 0 Å². The zero-order valence-corrected chi connectivity index (χ0v) is 8.33. The van der Waals surface area contributed by atoms with E-state index in [1.54, 1.807) is 47.1 Å². The van der Waals surface area contributed by atoms with E-state index in [0.717, 1.165) is 0 Å². The second kappa shape index (κ2) is 3.75. The van der Waals surface area contributed by atoms with Crippen LogP contribution in [0, 0.1) is 0 Å². The third kappa shape index (κ3) is 1.75. The summed E-state index contributed by atoms with van der Waals surface area (Å²) in [4.78, 5) is 13.5. The number of carbonyl (C=O) groups is 1. The first-order chi connectivity index (χ1) is 6.77. The van der Waals surface area contributed by atoms with E-state index in [4.69, 9.17) is 5.73 Å². The lowest BCUT2D eigenvalue weighted by Gasteiger charge is -2.12. The third-order valence-electron chi connectivity index (χ3n) is 1.97. The molecule has 72 valence electrons. The summed E-state index contributed by atoms with van der Waals surface area (Å²) < 4.78 is 0. The van der Waals surface area contributed by atoms with Crippen LogP contribution in [0.3, 0.4) is 0 Å². The molecule has 3 nitrogen and oxygen atoms in total. The Hall–Kier alpha value is -1.42. The number of rotatable bonds is 1. The van der Waals surface area contributed by atoms with Gasteiger partial charge in [-0.3, -0.25) is 4.79 Å². The normalized spacial score (nSPS) is 14.7. The third-order valence-corrected chi connectivity index (χ3v) is 2.71. The number of nitrogen functional groups attached to an aromatic ring is 1. The van der Waals surface area contributed by atoms with Gasteiger partial charge in [0.05, 0.1) is 5.88 Å². The molecule has 2 rings (SSSR count). The largest absolute Gasteiger partial charge is 0.399 e. The number of thioether (sulfide) groups is 1. The molecule has 0 fully saturated rings. The molecule has 0 aromatic heterocycles. The standard InChI is InChI=1S/C10H10N2OS/c11-9-3-1-8(2-4-9)10(13)12-5-6-14-7-12/h1-6H,7,11H2. The van der Waals surface area contributed by atoms with Crippen LogP contribution in [-0.2, 0) is 0 Å². The number of carbonyl (C=O) groups excluding carboxylic acids is 1. The Morgan fingerprint density at radius 2 is 2.07 bits per heavy atom. The Bertz CT molecular complexity index is 372. The molecular formula is C10H10N2OS. The van der Waals surface area contributed by atoms with Crippen LogP contribution in [0.15, 0.2) is 35.9 Å². The van der Waals surface area contributed by atoms with E-state index in [-0.39, 0.29) is 5.91 Å². The summed E-state index contributed by atoms with van der Waals surface area (Å²) in [7, 11) is 0. The van der Waals surface area contributed by atoms with Gasteiger partial charge in [0, 0.05) is 17.5 Å². The van der Waals surface area contributed by atoms with Crippen molar-refractivity contribution in [3.05, 3.63) is 41.4 Å². The Balaban J connectivity index is 2.18. The molecule has 0 unspecified atom stereocenters. The molecule has 0 bridgehead atoms. The molecule has 0 aliphatic carbocycles. The number of hydrogen-bond donors (Lipinski definition) is 1. The van der Waals surface area contributed by atoms with Crippen molar-refractivity contribution in [2.45, 2.75) is 0 Å². The predicted molar refractivity (Wildman–Crippen MR) is 58.6 cm³/mol. The van der Waals surface area contributed by atoms with Crippen LogP contribution < -0.4 is 5.73 Å². The smallest absolute Gasteiger partial charge is 0.258 e. The lowest BCUT2D eigenvalue weighted by Crippen LogP contribution is -2.22. The van der Waals surface area contributed by atoms with Crippen molar-refractivity contribution < 1.29 is 4.79 Å². The zero-order chi connectivity index (χ0) is 9.97. The van der Waals surface area contributed by atoms with Crippen LogP contribution >= 0.6 is 11.8 Å². The Kier molecular flexibility index (Phi) is 2.45. The second-order valence-electron chi connectivity index (χ2n) is 2.98. The minimum absolute atomic E-state index is 0.0197. The summed E-state index contributed by atoms with van der Waals surface area (Å²) in [5, 5.41) is 1.91. The first kappa shape index (κ1) is 9.15. The van der Waals surface area contributed by atoms with Crippen molar-refractivity contribution in [1.82, 2.24) is 4.90 Å². The van der Waals surface area contributed by atoms with Gasteiger partial charge >= 0.3 is 0 Å². The first-order valence-electron chi connectivity index (χ1n) is 4.22. The molecule has 1 aromatic rings. The number of anilines is 1. The number of benzene rings is 1. The van der Waals surface area contributed by atoms with Crippen molar-refractivity contribution in [2.75, 3.05) is 11.6 Å². The highest BCUT2D eigenvalue weighted by molar-refractivity contribution is 8.02. The molecule has 14 heavy (non-hydrogen) atoms. The molecule has 0 spiro atoms. The van der Waals surface area contributed by atoms with E-state index in [0.29, 0.717) is 17.1 Å². The van der Waals surface area contributed by atoms with E-state index in [1.807, 2.05) is 5.41 Å². The van der Waals surface area contributed by atoms with Crippen LogP contribution in [0.1, 0.15) is 10.4 Å². The maximum absolute atomic E-state index is 11.8. The number of hydrogen-bond acceptors (Lipinski definition) is 3. The van der Waals surface area contributed by atoms with Crippen molar-refractivity contribution in [3.8, 4) is 0 Å². The van der Waals surface area contributed by atoms with Gasteiger partial charge in [-0.2, -0.15) is 0 Å². The van der Waals surface area contributed by atoms with Gasteiger partial charge < -0.3 is 10.6 Å². The van der Waals surface area contributed by atoms with Gasteiger partial charge in [-0.05, 0) is 29.7 Å². The Morgan fingerprint density at radius 3 is 2.64 bits per heavy atom. The maximum Gasteiger partial charge on any atom is 0.258 e. The quantitative estimate of drug-likeness (QED) is 0.714. The Labute approximate surface area is 86.6 Å². The summed E-state index contributed by atoms with van der Waals surface area (Å²) in [6.45, 7) is 0. The molecule has 0 saturated heterocycles. The highest BCUT2D eigenvalue weighted by atomic mass is 32.2. The number of nitrogens with zero attached hydrogens (tertiary/aromatic N) is 1. The fourth-order valence-corrected chi connectivity index (χ4v) is 1.88. The molecule has 0 radical (unpaired) electrons. The van der Waals surface area contributed by atoms with Gasteiger partial charge in [0.2, 0.25) is 0 Å². The van der Waals surface area contributed by atoms with Crippen LogP contribution in [0.25, 0.3) is 0 Å². The average Bonchev–Trinajstić information content (AvgIpc) is 2.71. The second-order valence-corrected chi connectivity index (χ2v) is 3.84. The fourth-order valence-electron chi connectivity index (χ4n) is 1.20. The molecule has 1 aromatic carbocycles. The number of amides is 1. The summed E-state index contributed by atoms with van der Waals surface area (Å²) in [6, 6.07) is 6.96. The maximum atomic E-state index is 11.8. The van der Waals surface area contributed by atoms with E-state index in [9.17, 15) is 4.79 Å². The highest BCUT2D eigenvalue weighted by Crippen LogP contribution is 2.18. The lowest BCUT2D eigenvalue weighted by molar-refractivity contribution is 0.0846. The van der Waals surface area contributed by atoms with Crippen molar-refractivity contribution in [1.29, 1.82) is 0 Å². The zero-order valence-electron chi connectivity index (χ0n) is 7.51. The molecule has 1 aliphatic rings. The van der Waals surface area contributed by atoms with Gasteiger partial charge in [-0.1, -0.05) is 0 Å². The monoisotopic (exact) mass is 206 g/mol. The highest BCUT2D eigenvalue weighted by Gasteiger charge is 2.15. The summed E-state index contributed by atoms with van der Waals surface area (Å²) >= 11 is 1.61. The Morgan fingerprint density at radius 1 is 1.36 bits per heavy atom. The fraction of sp³-hybridized carbons (Fsp3) is 0.100. The van der Waals surface area contributed by atoms with Crippen molar-refractivity contribution in [2.24, 2.45) is 0 Å². The van der Waals surface area contributed by atoms with Gasteiger partial charge in [-0.25, -0.2) is 0 Å². The van der Waals surface area contributed by atoms with E-state index < -0.39 is 0 Å². The van der Waals surface area contributed by atoms with Crippen LogP contribution in [0.2, 0.25) is 0 Å². The van der Waals surface area contributed by atoms with E-state index >= 15 is 0 Å². The average molecular weight is 206 g/mol. The molecule has 2 N–H and O–H groups in total. The summed E-state index contributed by atoms with van der Waals surface area (Å²) in [5.41, 5.74) is 6.88. The topological polar surface area (TPSA) is 46.3 Å². The number of nitrogens with two attached hydrogens (primary N) is 1. The SMILES string of the molecule is Nc1ccc(C(=O)N2C=CSC2)cc1.